The third-order valence-electron chi connectivity index (χ3n) is 3.27. The summed E-state index contributed by atoms with van der Waals surface area (Å²) in [5.74, 6) is 0.129. The summed E-state index contributed by atoms with van der Waals surface area (Å²) < 4.78 is 4.83. The lowest BCUT2D eigenvalue weighted by Gasteiger charge is -2.48. The second-order valence-corrected chi connectivity index (χ2v) is 7.68. The number of aliphatic carboxylic acids is 1. The number of carboxylic acid groups (broad SMARTS) is 1. The Hall–Kier alpha value is -1.36. The van der Waals surface area contributed by atoms with Gasteiger partial charge in [-0.1, -0.05) is 18.3 Å². The molecule has 3 heterocycles. The molecule has 0 aromatic carbocycles. The lowest BCUT2D eigenvalue weighted by molar-refractivity contribution is -0.147. The molecule has 10 heteroatoms. The van der Waals surface area contributed by atoms with Crippen LogP contribution in [0.2, 0.25) is 0 Å². The highest BCUT2D eigenvalue weighted by molar-refractivity contribution is 8.01. The van der Waals surface area contributed by atoms with E-state index in [1.807, 2.05) is 0 Å². The number of β-lactam (4-membered cyclic amide) rings is 1. The Morgan fingerprint density at radius 1 is 1.64 bits per heavy atom. The van der Waals surface area contributed by atoms with E-state index in [9.17, 15) is 14.7 Å². The van der Waals surface area contributed by atoms with Gasteiger partial charge >= 0.3 is 5.97 Å². The predicted octanol–water partition coefficient (Wildman–Crippen LogP) is 0.854. The first kappa shape index (κ1) is 15.5. The van der Waals surface area contributed by atoms with Gasteiger partial charge in [0.2, 0.25) is 5.91 Å². The minimum atomic E-state index is -1.09. The first-order chi connectivity index (χ1) is 10.5. The van der Waals surface area contributed by atoms with Gasteiger partial charge in [-0.15, -0.1) is 11.8 Å². The summed E-state index contributed by atoms with van der Waals surface area (Å²) in [6.45, 7) is 3.60. The summed E-state index contributed by atoms with van der Waals surface area (Å²) >= 11 is 4.14. The molecule has 2 atom stereocenters. The van der Waals surface area contributed by atoms with Crippen molar-refractivity contribution in [3.05, 3.63) is 23.7 Å². The fourth-order valence-electron chi connectivity index (χ4n) is 2.20. The number of thioether (sulfide) groups is 2. The molecular formula is C12H12N4O3S3. The van der Waals surface area contributed by atoms with Gasteiger partial charge in [0, 0.05) is 11.5 Å². The minimum Gasteiger partial charge on any atom is -0.477 e. The normalized spacial score (nSPS) is 24.0. The smallest absolute Gasteiger partial charge is 0.352 e. The van der Waals surface area contributed by atoms with Crippen LogP contribution in [-0.4, -0.2) is 54.2 Å². The number of fused-ring (bicyclic) bond motifs is 1. The molecule has 0 radical (unpaired) electrons. The third kappa shape index (κ3) is 2.56. The Balaban J connectivity index is 1.79. The zero-order valence-electron chi connectivity index (χ0n) is 11.3. The molecule has 1 fully saturated rings. The molecule has 0 spiro atoms. The number of nitrogens with zero attached hydrogens (tertiary/aromatic N) is 3. The Morgan fingerprint density at radius 3 is 3.05 bits per heavy atom. The van der Waals surface area contributed by atoms with Crippen LogP contribution in [0.1, 0.15) is 5.82 Å². The number of rotatable bonds is 5. The molecule has 7 nitrogen and oxygen atoms in total. The van der Waals surface area contributed by atoms with E-state index in [0.717, 1.165) is 4.34 Å². The van der Waals surface area contributed by atoms with Gasteiger partial charge < -0.3 is 10.8 Å². The fourth-order valence-corrected chi connectivity index (χ4v) is 5.24. The summed E-state index contributed by atoms with van der Waals surface area (Å²) in [5, 5.41) is 9.16. The maximum Gasteiger partial charge on any atom is 0.352 e. The zero-order chi connectivity index (χ0) is 15.9. The van der Waals surface area contributed by atoms with Gasteiger partial charge in [-0.05, 0) is 23.2 Å². The van der Waals surface area contributed by atoms with E-state index in [-0.39, 0.29) is 17.0 Å². The Kier molecular flexibility index (Phi) is 4.26. The maximum atomic E-state index is 11.8. The number of nitrogens with two attached hydrogens (primary N) is 1. The quantitative estimate of drug-likeness (QED) is 0.590. The van der Waals surface area contributed by atoms with E-state index in [1.165, 1.54) is 40.0 Å². The molecule has 3 N–H and O–H groups in total. The highest BCUT2D eigenvalue weighted by Crippen LogP contribution is 2.40. The number of carboxylic acids is 1. The molecule has 1 unspecified atom stereocenters. The Bertz CT molecular complexity index is 687. The van der Waals surface area contributed by atoms with Crippen molar-refractivity contribution in [2.75, 3.05) is 11.5 Å². The predicted molar refractivity (Wildman–Crippen MR) is 86.5 cm³/mol. The van der Waals surface area contributed by atoms with Crippen LogP contribution in [0, 0.1) is 0 Å². The SMILES string of the molecule is C=Cc1nsc(SCC2=C(C(=O)O)N3C(=O)C(N)[C@H]3SC2)n1. The molecule has 0 bridgehead atoms. The van der Waals surface area contributed by atoms with Crippen molar-refractivity contribution < 1.29 is 14.7 Å². The van der Waals surface area contributed by atoms with Gasteiger partial charge in [0.05, 0.1) is 0 Å². The second-order valence-electron chi connectivity index (χ2n) is 4.60. The Labute approximate surface area is 138 Å². The first-order valence-electron chi connectivity index (χ1n) is 6.27. The molecule has 1 aromatic rings. The van der Waals surface area contributed by atoms with Crippen LogP contribution in [-0.2, 0) is 9.59 Å². The van der Waals surface area contributed by atoms with Gasteiger partial charge in [0.25, 0.3) is 0 Å². The number of hydrogen-bond donors (Lipinski definition) is 2. The Morgan fingerprint density at radius 2 is 2.41 bits per heavy atom. The van der Waals surface area contributed by atoms with Crippen LogP contribution in [0.3, 0.4) is 0 Å². The van der Waals surface area contributed by atoms with E-state index in [1.54, 1.807) is 6.08 Å². The monoisotopic (exact) mass is 356 g/mol. The van der Waals surface area contributed by atoms with E-state index in [2.05, 4.69) is 15.9 Å². The highest BCUT2D eigenvalue weighted by atomic mass is 32.2. The number of carbonyl (C=O) groups is 2. The number of carbonyl (C=O) groups excluding carboxylic acids is 1. The van der Waals surface area contributed by atoms with Crippen molar-refractivity contribution in [3.8, 4) is 0 Å². The van der Waals surface area contributed by atoms with Crippen LogP contribution in [0.15, 0.2) is 22.2 Å². The van der Waals surface area contributed by atoms with Crippen LogP contribution in [0.5, 0.6) is 0 Å². The summed E-state index contributed by atoms with van der Waals surface area (Å²) in [6, 6.07) is -0.605. The van der Waals surface area contributed by atoms with E-state index >= 15 is 0 Å². The van der Waals surface area contributed by atoms with E-state index < -0.39 is 12.0 Å². The maximum absolute atomic E-state index is 11.8. The third-order valence-corrected chi connectivity index (χ3v) is 6.56. The summed E-state index contributed by atoms with van der Waals surface area (Å²) in [4.78, 5) is 28.9. The van der Waals surface area contributed by atoms with Crippen LogP contribution >= 0.6 is 35.1 Å². The largest absolute Gasteiger partial charge is 0.477 e. The summed E-state index contributed by atoms with van der Waals surface area (Å²) in [6.07, 6.45) is 1.56. The molecule has 2 aliphatic rings. The van der Waals surface area contributed by atoms with Crippen LogP contribution < -0.4 is 5.73 Å². The van der Waals surface area contributed by atoms with Crippen molar-refractivity contribution in [2.24, 2.45) is 5.73 Å². The molecule has 22 heavy (non-hydrogen) atoms. The van der Waals surface area contributed by atoms with Crippen molar-refractivity contribution >= 4 is 53.0 Å². The average molecular weight is 356 g/mol. The number of aromatic nitrogens is 2. The number of hydrogen-bond acceptors (Lipinski definition) is 8. The van der Waals surface area contributed by atoms with Crippen molar-refractivity contribution in [1.29, 1.82) is 0 Å². The van der Waals surface area contributed by atoms with Crippen LogP contribution in [0.4, 0.5) is 0 Å². The fraction of sp³-hybridized carbons (Fsp3) is 0.333. The van der Waals surface area contributed by atoms with Gasteiger partial charge in [-0.25, -0.2) is 9.78 Å². The van der Waals surface area contributed by atoms with Crippen molar-refractivity contribution in [2.45, 2.75) is 15.8 Å². The van der Waals surface area contributed by atoms with Gasteiger partial charge in [-0.2, -0.15) is 4.37 Å². The molecule has 0 aliphatic carbocycles. The van der Waals surface area contributed by atoms with Gasteiger partial charge in [-0.3, -0.25) is 9.69 Å². The van der Waals surface area contributed by atoms with E-state index in [4.69, 9.17) is 5.73 Å². The van der Waals surface area contributed by atoms with Crippen molar-refractivity contribution in [3.63, 3.8) is 0 Å². The average Bonchev–Trinajstić information content (AvgIpc) is 2.99. The van der Waals surface area contributed by atoms with Gasteiger partial charge in [0.15, 0.2) is 10.2 Å². The lowest BCUT2D eigenvalue weighted by atomic mass is 10.0. The standard InChI is InChI=1S/C12H12N4O3S3/c1-2-6-14-12(22-15-6)21-4-5-3-20-10-7(13)9(17)16(10)8(5)11(18)19/h2,7,10H,1,3-4,13H2,(H,18,19)/t7?,10-/m1/s1. The molecule has 1 aromatic heterocycles. The summed E-state index contributed by atoms with van der Waals surface area (Å²) in [7, 11) is 0. The van der Waals surface area contributed by atoms with E-state index in [0.29, 0.717) is 22.9 Å². The van der Waals surface area contributed by atoms with Crippen LogP contribution in [0.25, 0.3) is 6.08 Å². The molecular weight excluding hydrogens is 344 g/mol. The highest BCUT2D eigenvalue weighted by Gasteiger charge is 2.51. The summed E-state index contributed by atoms with van der Waals surface area (Å²) in [5.41, 5.74) is 6.48. The molecule has 116 valence electrons. The molecule has 2 aliphatic heterocycles. The molecule has 1 saturated heterocycles. The first-order valence-corrected chi connectivity index (χ1v) is 9.08. The number of amides is 1. The second kappa shape index (κ2) is 6.03. The molecule has 3 rings (SSSR count). The van der Waals surface area contributed by atoms with Crippen molar-refractivity contribution in [1.82, 2.24) is 14.3 Å². The minimum absolute atomic E-state index is 0.0661. The lowest BCUT2D eigenvalue weighted by Crippen LogP contribution is -2.68. The molecule has 1 amide bonds. The zero-order valence-corrected chi connectivity index (χ0v) is 13.7. The molecule has 0 saturated carbocycles. The topological polar surface area (TPSA) is 109 Å². The van der Waals surface area contributed by atoms with Gasteiger partial charge in [0.1, 0.15) is 17.1 Å².